The normalized spacial score (nSPS) is 12.1. The molecule has 0 N–H and O–H groups in total. The van der Waals surface area contributed by atoms with E-state index in [9.17, 15) is 4.79 Å². The van der Waals surface area contributed by atoms with E-state index >= 15 is 0 Å². The van der Waals surface area contributed by atoms with Crippen LogP contribution in [-0.4, -0.2) is 5.97 Å². The zero-order valence-electron chi connectivity index (χ0n) is 10.6. The van der Waals surface area contributed by atoms with Crippen molar-refractivity contribution < 1.29 is 13.9 Å². The molecule has 3 heteroatoms. The Balaban J connectivity index is 1.92. The molecule has 0 bridgehead atoms. The molecule has 2 rings (SSSR count). The molecular formula is C15H16O3. The van der Waals surface area contributed by atoms with E-state index in [2.05, 4.69) is 0 Å². The molecule has 0 aliphatic heterocycles. The highest BCUT2D eigenvalue weighted by atomic mass is 16.5. The molecular weight excluding hydrogens is 228 g/mol. The lowest BCUT2D eigenvalue weighted by atomic mass is 10.1. The summed E-state index contributed by atoms with van der Waals surface area (Å²) in [5.74, 6) is 2.02. The molecule has 1 atom stereocenters. The van der Waals surface area contributed by atoms with Gasteiger partial charge in [-0.3, -0.25) is 4.79 Å². The quantitative estimate of drug-likeness (QED) is 0.608. The smallest absolute Gasteiger partial charge is 0.311 e. The topological polar surface area (TPSA) is 39.4 Å². The average Bonchev–Trinajstić information content (AvgIpc) is 2.77. The van der Waals surface area contributed by atoms with Gasteiger partial charge in [-0.15, -0.1) is 0 Å². The van der Waals surface area contributed by atoms with E-state index in [0.717, 1.165) is 11.5 Å². The highest BCUT2D eigenvalue weighted by Gasteiger charge is 2.15. The third-order valence-corrected chi connectivity index (χ3v) is 2.69. The number of para-hydroxylation sites is 1. The molecule has 1 aromatic carbocycles. The molecule has 0 aliphatic rings. The maximum atomic E-state index is 11.7. The van der Waals surface area contributed by atoms with Gasteiger partial charge >= 0.3 is 5.97 Å². The largest absolute Gasteiger partial charge is 0.466 e. The Kier molecular flexibility index (Phi) is 3.82. The maximum absolute atomic E-state index is 11.7. The second kappa shape index (κ2) is 5.54. The molecule has 0 saturated carbocycles. The molecule has 94 valence electrons. The number of benzene rings is 1. The van der Waals surface area contributed by atoms with Crippen molar-refractivity contribution in [3.8, 4) is 5.75 Å². The molecule has 0 fully saturated rings. The number of aryl methyl sites for hydroxylation is 1. The van der Waals surface area contributed by atoms with Crippen LogP contribution in [0.2, 0.25) is 0 Å². The molecule has 1 heterocycles. The first-order valence-electron chi connectivity index (χ1n) is 5.97. The molecule has 0 amide bonds. The van der Waals surface area contributed by atoms with Gasteiger partial charge in [-0.2, -0.15) is 0 Å². The standard InChI is InChI=1S/C15H16O3/c1-11(14-9-8-12(2)17-14)10-15(16)18-13-6-4-3-5-7-13/h3-9,11H,10H2,1-2H3. The molecule has 1 aromatic heterocycles. The van der Waals surface area contributed by atoms with Crippen LogP contribution in [0.5, 0.6) is 5.75 Å². The summed E-state index contributed by atoms with van der Waals surface area (Å²) in [5.41, 5.74) is 0. The van der Waals surface area contributed by atoms with E-state index in [0.29, 0.717) is 12.2 Å². The van der Waals surface area contributed by atoms with E-state index < -0.39 is 0 Å². The van der Waals surface area contributed by atoms with Gasteiger partial charge in [-0.05, 0) is 31.2 Å². The molecule has 0 saturated heterocycles. The summed E-state index contributed by atoms with van der Waals surface area (Å²) < 4.78 is 10.7. The number of furan rings is 1. The maximum Gasteiger partial charge on any atom is 0.311 e. The molecule has 0 radical (unpaired) electrons. The highest BCUT2D eigenvalue weighted by molar-refractivity contribution is 5.73. The first-order chi connectivity index (χ1) is 8.65. The van der Waals surface area contributed by atoms with Crippen LogP contribution < -0.4 is 4.74 Å². The van der Waals surface area contributed by atoms with Crippen molar-refractivity contribution in [3.63, 3.8) is 0 Å². The van der Waals surface area contributed by atoms with Gasteiger partial charge < -0.3 is 9.15 Å². The number of esters is 1. The summed E-state index contributed by atoms with van der Waals surface area (Å²) in [6.07, 6.45) is 0.307. The molecule has 1 unspecified atom stereocenters. The fourth-order valence-corrected chi connectivity index (χ4v) is 1.73. The third kappa shape index (κ3) is 3.23. The lowest BCUT2D eigenvalue weighted by molar-refractivity contribution is -0.134. The monoisotopic (exact) mass is 244 g/mol. The van der Waals surface area contributed by atoms with Crippen LogP contribution in [-0.2, 0) is 4.79 Å². The number of hydrogen-bond donors (Lipinski definition) is 0. The lowest BCUT2D eigenvalue weighted by Crippen LogP contribution is -2.11. The summed E-state index contributed by atoms with van der Waals surface area (Å²) in [4.78, 5) is 11.7. The van der Waals surface area contributed by atoms with Crippen LogP contribution in [0.25, 0.3) is 0 Å². The molecule has 0 spiro atoms. The lowest BCUT2D eigenvalue weighted by Gasteiger charge is -2.08. The van der Waals surface area contributed by atoms with Gasteiger partial charge in [0.2, 0.25) is 0 Å². The summed E-state index contributed by atoms with van der Waals surface area (Å²) in [6.45, 7) is 3.84. The summed E-state index contributed by atoms with van der Waals surface area (Å²) >= 11 is 0. The predicted molar refractivity (Wildman–Crippen MR) is 68.6 cm³/mol. The van der Waals surface area contributed by atoms with E-state index in [1.165, 1.54) is 0 Å². The minimum Gasteiger partial charge on any atom is -0.466 e. The molecule has 0 aliphatic carbocycles. The van der Waals surface area contributed by atoms with E-state index in [-0.39, 0.29) is 11.9 Å². The zero-order valence-corrected chi connectivity index (χ0v) is 10.6. The average molecular weight is 244 g/mol. The Bertz CT molecular complexity index is 514. The van der Waals surface area contributed by atoms with Crippen LogP contribution in [0, 0.1) is 6.92 Å². The molecule has 3 nitrogen and oxygen atoms in total. The van der Waals surface area contributed by atoms with Crippen LogP contribution in [0.3, 0.4) is 0 Å². The van der Waals surface area contributed by atoms with Crippen LogP contribution in [0.1, 0.15) is 30.8 Å². The number of ether oxygens (including phenoxy) is 1. The van der Waals surface area contributed by atoms with Crippen molar-refractivity contribution in [2.75, 3.05) is 0 Å². The fraction of sp³-hybridized carbons (Fsp3) is 0.267. The van der Waals surface area contributed by atoms with Crippen molar-refractivity contribution in [2.24, 2.45) is 0 Å². The van der Waals surface area contributed by atoms with Gasteiger partial charge in [0.1, 0.15) is 17.3 Å². The zero-order chi connectivity index (χ0) is 13.0. The van der Waals surface area contributed by atoms with Crippen molar-refractivity contribution in [3.05, 3.63) is 54.0 Å². The van der Waals surface area contributed by atoms with Crippen molar-refractivity contribution in [2.45, 2.75) is 26.2 Å². The summed E-state index contributed by atoms with van der Waals surface area (Å²) in [7, 11) is 0. The van der Waals surface area contributed by atoms with Crippen LogP contribution in [0.4, 0.5) is 0 Å². The number of hydrogen-bond acceptors (Lipinski definition) is 3. The van der Waals surface area contributed by atoms with E-state index in [4.69, 9.17) is 9.15 Å². The number of carbonyl (C=O) groups excluding carboxylic acids is 1. The minimum atomic E-state index is -0.247. The number of rotatable bonds is 4. The Hall–Kier alpha value is -2.03. The van der Waals surface area contributed by atoms with Crippen LogP contribution in [0.15, 0.2) is 46.9 Å². The third-order valence-electron chi connectivity index (χ3n) is 2.69. The Morgan fingerprint density at radius 3 is 2.56 bits per heavy atom. The Morgan fingerprint density at radius 1 is 1.22 bits per heavy atom. The second-order valence-corrected chi connectivity index (χ2v) is 4.34. The number of carbonyl (C=O) groups is 1. The van der Waals surface area contributed by atoms with E-state index in [1.807, 2.05) is 44.2 Å². The van der Waals surface area contributed by atoms with Gasteiger partial charge in [0.05, 0.1) is 6.42 Å². The fourth-order valence-electron chi connectivity index (χ4n) is 1.73. The Morgan fingerprint density at radius 2 is 1.94 bits per heavy atom. The van der Waals surface area contributed by atoms with Crippen molar-refractivity contribution in [1.29, 1.82) is 0 Å². The van der Waals surface area contributed by atoms with Gasteiger partial charge in [-0.25, -0.2) is 0 Å². The Labute approximate surface area is 106 Å². The second-order valence-electron chi connectivity index (χ2n) is 4.34. The predicted octanol–water partition coefficient (Wildman–Crippen LogP) is 3.69. The molecule has 18 heavy (non-hydrogen) atoms. The summed E-state index contributed by atoms with van der Waals surface area (Å²) in [6, 6.07) is 12.9. The van der Waals surface area contributed by atoms with Gasteiger partial charge in [0.25, 0.3) is 0 Å². The minimum absolute atomic E-state index is 0.0231. The van der Waals surface area contributed by atoms with Gasteiger partial charge in [0, 0.05) is 5.92 Å². The first kappa shape index (κ1) is 12.4. The van der Waals surface area contributed by atoms with Gasteiger partial charge in [0.15, 0.2) is 0 Å². The highest BCUT2D eigenvalue weighted by Crippen LogP contribution is 2.22. The van der Waals surface area contributed by atoms with Crippen molar-refractivity contribution >= 4 is 5.97 Å². The van der Waals surface area contributed by atoms with E-state index in [1.54, 1.807) is 12.1 Å². The SMILES string of the molecule is Cc1ccc(C(C)CC(=O)Oc2ccccc2)o1. The summed E-state index contributed by atoms with van der Waals surface area (Å²) in [5, 5.41) is 0. The van der Waals surface area contributed by atoms with Gasteiger partial charge in [-0.1, -0.05) is 25.1 Å². The molecule has 2 aromatic rings. The van der Waals surface area contributed by atoms with Crippen molar-refractivity contribution in [1.82, 2.24) is 0 Å². The first-order valence-corrected chi connectivity index (χ1v) is 5.97. The van der Waals surface area contributed by atoms with Crippen LogP contribution >= 0.6 is 0 Å².